The summed E-state index contributed by atoms with van der Waals surface area (Å²) in [5.41, 5.74) is 1.28. The molecule has 0 amide bonds. The standard InChI is InChI=1S/C14H10ClFN2S/c15-9-4-3-5-10(16)14(9)17-8-13-18-11-6-1-2-7-12(11)19-13/h1-7,17H,8H2. The molecule has 3 rings (SSSR count). The van der Waals surface area contributed by atoms with E-state index < -0.39 is 0 Å². The second-order valence-electron chi connectivity index (χ2n) is 4.03. The van der Waals surface area contributed by atoms with Gasteiger partial charge in [0.05, 0.1) is 27.5 Å². The maximum Gasteiger partial charge on any atom is 0.147 e. The Bertz CT molecular complexity index is 673. The van der Waals surface area contributed by atoms with E-state index in [4.69, 9.17) is 11.6 Å². The molecule has 96 valence electrons. The van der Waals surface area contributed by atoms with Gasteiger partial charge >= 0.3 is 0 Å². The first kappa shape index (κ1) is 12.4. The Morgan fingerprint density at radius 3 is 2.79 bits per heavy atom. The molecule has 0 fully saturated rings. The molecule has 0 aliphatic carbocycles. The quantitative estimate of drug-likeness (QED) is 0.757. The number of hydrogen-bond acceptors (Lipinski definition) is 3. The van der Waals surface area contributed by atoms with E-state index in [9.17, 15) is 4.39 Å². The van der Waals surface area contributed by atoms with Crippen molar-refractivity contribution in [3.8, 4) is 0 Å². The molecule has 19 heavy (non-hydrogen) atoms. The first-order valence-corrected chi connectivity index (χ1v) is 6.96. The van der Waals surface area contributed by atoms with Crippen LogP contribution in [0.2, 0.25) is 5.02 Å². The van der Waals surface area contributed by atoms with Gasteiger partial charge in [0.25, 0.3) is 0 Å². The zero-order chi connectivity index (χ0) is 13.2. The summed E-state index contributed by atoms with van der Waals surface area (Å²) in [7, 11) is 0. The molecule has 0 saturated carbocycles. The highest BCUT2D eigenvalue weighted by atomic mass is 35.5. The van der Waals surface area contributed by atoms with Crippen LogP contribution in [-0.4, -0.2) is 4.98 Å². The number of fused-ring (bicyclic) bond motifs is 1. The lowest BCUT2D eigenvalue weighted by molar-refractivity contribution is 0.630. The highest BCUT2D eigenvalue weighted by molar-refractivity contribution is 7.18. The Kier molecular flexibility index (Phi) is 3.36. The summed E-state index contributed by atoms with van der Waals surface area (Å²) in [6, 6.07) is 12.5. The normalized spacial score (nSPS) is 10.8. The number of hydrogen-bond donors (Lipinski definition) is 1. The van der Waals surface area contributed by atoms with Crippen molar-refractivity contribution in [1.29, 1.82) is 0 Å². The summed E-state index contributed by atoms with van der Waals surface area (Å²) in [6.45, 7) is 0.458. The number of nitrogens with zero attached hydrogens (tertiary/aromatic N) is 1. The van der Waals surface area contributed by atoms with Gasteiger partial charge < -0.3 is 5.32 Å². The first-order valence-electron chi connectivity index (χ1n) is 5.76. The zero-order valence-corrected chi connectivity index (χ0v) is 11.4. The lowest BCUT2D eigenvalue weighted by Crippen LogP contribution is -2.01. The molecule has 0 bridgehead atoms. The number of halogens is 2. The van der Waals surface area contributed by atoms with Crippen molar-refractivity contribution in [2.75, 3.05) is 5.32 Å². The summed E-state index contributed by atoms with van der Waals surface area (Å²) >= 11 is 7.54. The molecule has 5 heteroatoms. The lowest BCUT2D eigenvalue weighted by atomic mass is 10.3. The second kappa shape index (κ2) is 5.15. The van der Waals surface area contributed by atoms with Crippen LogP contribution in [0, 0.1) is 5.82 Å². The summed E-state index contributed by atoms with van der Waals surface area (Å²) in [6.07, 6.45) is 0. The first-order chi connectivity index (χ1) is 9.24. The Morgan fingerprint density at radius 2 is 2.00 bits per heavy atom. The molecule has 2 aromatic carbocycles. The van der Waals surface area contributed by atoms with Crippen molar-refractivity contribution in [2.45, 2.75) is 6.54 Å². The molecular formula is C14H10ClFN2S. The zero-order valence-electron chi connectivity index (χ0n) is 9.86. The van der Waals surface area contributed by atoms with Gasteiger partial charge in [-0.2, -0.15) is 0 Å². The van der Waals surface area contributed by atoms with Crippen molar-refractivity contribution in [1.82, 2.24) is 4.98 Å². The van der Waals surface area contributed by atoms with Crippen LogP contribution in [0.1, 0.15) is 5.01 Å². The third-order valence-corrected chi connectivity index (χ3v) is 4.07. The number of rotatable bonds is 3. The molecule has 3 aromatic rings. The average molecular weight is 293 g/mol. The molecule has 0 unspecified atom stereocenters. The van der Waals surface area contributed by atoms with Gasteiger partial charge in [0, 0.05) is 0 Å². The third kappa shape index (κ3) is 2.55. The third-order valence-electron chi connectivity index (χ3n) is 2.72. The van der Waals surface area contributed by atoms with Crippen molar-refractivity contribution < 1.29 is 4.39 Å². The van der Waals surface area contributed by atoms with Gasteiger partial charge in [0.1, 0.15) is 10.8 Å². The van der Waals surface area contributed by atoms with Crippen LogP contribution in [0.3, 0.4) is 0 Å². The molecule has 0 spiro atoms. The predicted octanol–water partition coefficient (Wildman–Crippen LogP) is 4.70. The fourth-order valence-electron chi connectivity index (χ4n) is 1.83. The van der Waals surface area contributed by atoms with Crippen LogP contribution >= 0.6 is 22.9 Å². The Balaban J connectivity index is 1.82. The number of para-hydroxylation sites is 2. The molecular weight excluding hydrogens is 283 g/mol. The predicted molar refractivity (Wildman–Crippen MR) is 78.4 cm³/mol. The highest BCUT2D eigenvalue weighted by Crippen LogP contribution is 2.27. The minimum absolute atomic E-state index is 0.323. The molecule has 0 aliphatic heterocycles. The second-order valence-corrected chi connectivity index (χ2v) is 5.55. The van der Waals surface area contributed by atoms with Crippen molar-refractivity contribution in [3.63, 3.8) is 0 Å². The molecule has 0 aliphatic rings. The van der Waals surface area contributed by atoms with Gasteiger partial charge in [0.15, 0.2) is 0 Å². The summed E-state index contributed by atoms with van der Waals surface area (Å²) in [4.78, 5) is 4.48. The largest absolute Gasteiger partial charge is 0.375 e. The minimum atomic E-state index is -0.353. The van der Waals surface area contributed by atoms with E-state index in [0.29, 0.717) is 17.3 Å². The SMILES string of the molecule is Fc1cccc(Cl)c1NCc1nc2ccccc2s1. The van der Waals surface area contributed by atoms with Gasteiger partial charge in [-0.15, -0.1) is 11.3 Å². The van der Waals surface area contributed by atoms with E-state index in [1.807, 2.05) is 24.3 Å². The number of anilines is 1. The van der Waals surface area contributed by atoms with E-state index >= 15 is 0 Å². The number of benzene rings is 2. The molecule has 2 nitrogen and oxygen atoms in total. The van der Waals surface area contributed by atoms with Gasteiger partial charge in [-0.1, -0.05) is 29.8 Å². The maximum atomic E-state index is 13.6. The Morgan fingerprint density at radius 1 is 1.16 bits per heavy atom. The summed E-state index contributed by atoms with van der Waals surface area (Å²) < 4.78 is 14.7. The number of aromatic nitrogens is 1. The smallest absolute Gasteiger partial charge is 0.147 e. The molecule has 0 atom stereocenters. The van der Waals surface area contributed by atoms with Crippen molar-refractivity contribution in [2.24, 2.45) is 0 Å². The van der Waals surface area contributed by atoms with Crippen molar-refractivity contribution in [3.05, 3.63) is 58.3 Å². The summed E-state index contributed by atoms with van der Waals surface area (Å²) in [5.74, 6) is -0.353. The van der Waals surface area contributed by atoms with Crippen LogP contribution < -0.4 is 5.32 Å². The molecule has 1 N–H and O–H groups in total. The van der Waals surface area contributed by atoms with E-state index in [2.05, 4.69) is 10.3 Å². The van der Waals surface area contributed by atoms with E-state index in [1.165, 1.54) is 6.07 Å². The van der Waals surface area contributed by atoms with Crippen LogP contribution in [0.15, 0.2) is 42.5 Å². The van der Waals surface area contributed by atoms with Crippen LogP contribution in [0.25, 0.3) is 10.2 Å². The van der Waals surface area contributed by atoms with E-state index in [-0.39, 0.29) is 5.82 Å². The van der Waals surface area contributed by atoms with Gasteiger partial charge in [0.2, 0.25) is 0 Å². The molecule has 1 aromatic heterocycles. The maximum absolute atomic E-state index is 13.6. The Hall–Kier alpha value is -1.65. The minimum Gasteiger partial charge on any atom is -0.375 e. The number of nitrogens with one attached hydrogen (secondary N) is 1. The van der Waals surface area contributed by atoms with Crippen LogP contribution in [0.4, 0.5) is 10.1 Å². The van der Waals surface area contributed by atoms with Gasteiger partial charge in [-0.05, 0) is 24.3 Å². The Labute approximate surface area is 118 Å². The van der Waals surface area contributed by atoms with E-state index in [1.54, 1.807) is 23.5 Å². The topological polar surface area (TPSA) is 24.9 Å². The van der Waals surface area contributed by atoms with Gasteiger partial charge in [-0.3, -0.25) is 0 Å². The lowest BCUT2D eigenvalue weighted by Gasteiger charge is -2.07. The van der Waals surface area contributed by atoms with Crippen molar-refractivity contribution >= 4 is 38.8 Å². The highest BCUT2D eigenvalue weighted by Gasteiger charge is 2.08. The number of thiazole rings is 1. The average Bonchev–Trinajstić information content (AvgIpc) is 2.81. The fraction of sp³-hybridized carbons (Fsp3) is 0.0714. The van der Waals surface area contributed by atoms with Gasteiger partial charge in [-0.25, -0.2) is 9.37 Å². The molecule has 1 heterocycles. The van der Waals surface area contributed by atoms with Crippen LogP contribution in [-0.2, 0) is 6.54 Å². The fourth-order valence-corrected chi connectivity index (χ4v) is 2.96. The van der Waals surface area contributed by atoms with Crippen LogP contribution in [0.5, 0.6) is 0 Å². The molecule has 0 radical (unpaired) electrons. The summed E-state index contributed by atoms with van der Waals surface area (Å²) in [5, 5.41) is 4.28. The monoisotopic (exact) mass is 292 g/mol. The molecule has 0 saturated heterocycles. The van der Waals surface area contributed by atoms with E-state index in [0.717, 1.165) is 15.2 Å².